The summed E-state index contributed by atoms with van der Waals surface area (Å²) >= 11 is 0. The topological polar surface area (TPSA) is 196 Å². The average Bonchev–Trinajstić information content (AvgIpc) is 3.21. The molecule has 0 fully saturated rings. The van der Waals surface area contributed by atoms with E-state index in [1.165, 1.54) is 6.92 Å². The number of amides is 3. The molecular weight excluding hydrogens is 492 g/mol. The van der Waals surface area contributed by atoms with Crippen molar-refractivity contribution in [2.75, 3.05) is 19.7 Å². The SMILES string of the molecule is C[C@H](NC(=O)CNC(=O)OCC1c2ccccc2-c2ccccc21)C(=O)N[C@@H](CCCNC(=N)N)C(=O)O. The van der Waals surface area contributed by atoms with Gasteiger partial charge in [-0.2, -0.15) is 0 Å². The molecule has 3 amide bonds. The number of rotatable bonds is 12. The lowest BCUT2D eigenvalue weighted by Gasteiger charge is -2.19. The second-order valence-electron chi connectivity index (χ2n) is 8.85. The quantitative estimate of drug-likeness (QED) is 0.121. The minimum atomic E-state index is -1.23. The van der Waals surface area contributed by atoms with Gasteiger partial charge in [0.25, 0.3) is 0 Å². The van der Waals surface area contributed by atoms with Gasteiger partial charge in [-0.05, 0) is 42.0 Å². The van der Waals surface area contributed by atoms with E-state index in [1.807, 2.05) is 48.5 Å². The highest BCUT2D eigenvalue weighted by Crippen LogP contribution is 2.44. The summed E-state index contributed by atoms with van der Waals surface area (Å²) in [6, 6.07) is 13.6. The lowest BCUT2D eigenvalue weighted by molar-refractivity contribution is -0.142. The number of aliphatic carboxylic acids is 1. The highest BCUT2D eigenvalue weighted by molar-refractivity contribution is 5.91. The van der Waals surface area contributed by atoms with E-state index in [9.17, 15) is 24.3 Å². The Morgan fingerprint density at radius 2 is 1.61 bits per heavy atom. The zero-order chi connectivity index (χ0) is 27.7. The van der Waals surface area contributed by atoms with E-state index < -0.39 is 42.5 Å². The Morgan fingerprint density at radius 1 is 1.00 bits per heavy atom. The van der Waals surface area contributed by atoms with Crippen LogP contribution < -0.4 is 27.0 Å². The molecule has 0 saturated carbocycles. The fourth-order valence-corrected chi connectivity index (χ4v) is 4.24. The lowest BCUT2D eigenvalue weighted by atomic mass is 9.98. The molecule has 0 aromatic heterocycles. The van der Waals surface area contributed by atoms with Crippen LogP contribution in [0.3, 0.4) is 0 Å². The number of hydrogen-bond donors (Lipinski definition) is 7. The fraction of sp³-hybridized carbons (Fsp3) is 0.346. The Balaban J connectivity index is 1.42. The molecule has 38 heavy (non-hydrogen) atoms. The van der Waals surface area contributed by atoms with Crippen molar-refractivity contribution in [3.05, 3.63) is 59.7 Å². The number of carboxylic acid groups (broad SMARTS) is 1. The van der Waals surface area contributed by atoms with Gasteiger partial charge in [0.1, 0.15) is 25.2 Å². The highest BCUT2D eigenvalue weighted by atomic mass is 16.5. The van der Waals surface area contributed by atoms with Crippen molar-refractivity contribution in [2.24, 2.45) is 5.73 Å². The zero-order valence-corrected chi connectivity index (χ0v) is 21.0. The number of carboxylic acids is 1. The summed E-state index contributed by atoms with van der Waals surface area (Å²) in [5.74, 6) is -2.91. The average molecular weight is 525 g/mol. The predicted molar refractivity (Wildman–Crippen MR) is 139 cm³/mol. The molecule has 8 N–H and O–H groups in total. The number of guanidine groups is 1. The Bertz CT molecular complexity index is 1160. The fourth-order valence-electron chi connectivity index (χ4n) is 4.24. The minimum absolute atomic E-state index is 0.0960. The third-order valence-electron chi connectivity index (χ3n) is 6.11. The van der Waals surface area contributed by atoms with Crippen LogP contribution in [0.15, 0.2) is 48.5 Å². The molecule has 0 spiro atoms. The minimum Gasteiger partial charge on any atom is -0.480 e. The van der Waals surface area contributed by atoms with Crippen molar-refractivity contribution < 1.29 is 29.0 Å². The summed E-state index contributed by atoms with van der Waals surface area (Å²) < 4.78 is 5.38. The van der Waals surface area contributed by atoms with Gasteiger partial charge in [-0.15, -0.1) is 0 Å². The number of nitrogens with one attached hydrogen (secondary N) is 5. The molecule has 12 nitrogen and oxygen atoms in total. The highest BCUT2D eigenvalue weighted by Gasteiger charge is 2.29. The maximum atomic E-state index is 12.4. The number of carbonyl (C=O) groups excluding carboxylic acids is 3. The first-order valence-electron chi connectivity index (χ1n) is 12.2. The van der Waals surface area contributed by atoms with Gasteiger partial charge in [-0.3, -0.25) is 15.0 Å². The molecule has 3 rings (SSSR count). The first kappa shape index (κ1) is 28.0. The summed E-state index contributed by atoms with van der Waals surface area (Å²) in [5, 5.41) is 26.1. The number of benzene rings is 2. The van der Waals surface area contributed by atoms with E-state index >= 15 is 0 Å². The van der Waals surface area contributed by atoms with Gasteiger partial charge >= 0.3 is 12.1 Å². The summed E-state index contributed by atoms with van der Waals surface area (Å²) in [4.78, 5) is 48.3. The predicted octanol–water partition coefficient (Wildman–Crippen LogP) is 0.862. The molecule has 2 aromatic carbocycles. The van der Waals surface area contributed by atoms with Crippen molar-refractivity contribution in [2.45, 2.75) is 37.8 Å². The van der Waals surface area contributed by atoms with E-state index in [4.69, 9.17) is 15.9 Å². The van der Waals surface area contributed by atoms with Crippen molar-refractivity contribution in [1.29, 1.82) is 5.41 Å². The van der Waals surface area contributed by atoms with Gasteiger partial charge in [0.2, 0.25) is 11.8 Å². The molecule has 12 heteroatoms. The van der Waals surface area contributed by atoms with Crippen LogP contribution >= 0.6 is 0 Å². The molecule has 0 heterocycles. The van der Waals surface area contributed by atoms with Gasteiger partial charge in [-0.1, -0.05) is 48.5 Å². The molecule has 0 radical (unpaired) electrons. The summed E-state index contributed by atoms with van der Waals surface area (Å²) in [6.45, 7) is 1.35. The molecule has 0 saturated heterocycles. The Labute approximate surface area is 219 Å². The number of alkyl carbamates (subject to hydrolysis) is 1. The first-order valence-corrected chi connectivity index (χ1v) is 12.2. The van der Waals surface area contributed by atoms with E-state index in [2.05, 4.69) is 21.3 Å². The van der Waals surface area contributed by atoms with Crippen LogP contribution in [0.4, 0.5) is 4.79 Å². The maximum absolute atomic E-state index is 12.4. The number of nitrogens with two attached hydrogens (primary N) is 1. The second-order valence-corrected chi connectivity index (χ2v) is 8.85. The summed E-state index contributed by atoms with van der Waals surface area (Å²) in [7, 11) is 0. The number of fused-ring (bicyclic) bond motifs is 3. The zero-order valence-electron chi connectivity index (χ0n) is 21.0. The maximum Gasteiger partial charge on any atom is 0.407 e. The smallest absolute Gasteiger partial charge is 0.407 e. The molecule has 2 aromatic rings. The second kappa shape index (κ2) is 13.1. The van der Waals surface area contributed by atoms with Gasteiger partial charge in [0.15, 0.2) is 5.96 Å². The summed E-state index contributed by atoms with van der Waals surface area (Å²) in [5.41, 5.74) is 9.50. The Hall–Kier alpha value is -4.61. The number of ether oxygens (including phenoxy) is 1. The van der Waals surface area contributed by atoms with E-state index in [-0.39, 0.29) is 31.4 Å². The Morgan fingerprint density at radius 3 is 2.18 bits per heavy atom. The molecule has 202 valence electrons. The van der Waals surface area contributed by atoms with Crippen LogP contribution in [0.2, 0.25) is 0 Å². The van der Waals surface area contributed by atoms with Crippen LogP contribution in [-0.4, -0.2) is 66.7 Å². The first-order chi connectivity index (χ1) is 18.2. The number of hydrogen-bond acceptors (Lipinski definition) is 6. The molecule has 0 bridgehead atoms. The van der Waals surface area contributed by atoms with E-state index in [0.717, 1.165) is 22.3 Å². The molecule has 0 aliphatic heterocycles. The molecule has 0 unspecified atom stereocenters. The molecular formula is C26H32N6O6. The van der Waals surface area contributed by atoms with Crippen LogP contribution in [0.5, 0.6) is 0 Å². The third kappa shape index (κ3) is 7.45. The number of carbonyl (C=O) groups is 4. The van der Waals surface area contributed by atoms with Gasteiger partial charge < -0.3 is 36.8 Å². The van der Waals surface area contributed by atoms with E-state index in [0.29, 0.717) is 6.42 Å². The normalized spacial score (nSPS) is 13.3. The Kier molecular flexibility index (Phi) is 9.63. The van der Waals surface area contributed by atoms with Crippen molar-refractivity contribution in [3.8, 4) is 11.1 Å². The third-order valence-corrected chi connectivity index (χ3v) is 6.11. The molecule has 1 aliphatic rings. The monoisotopic (exact) mass is 524 g/mol. The van der Waals surface area contributed by atoms with Crippen molar-refractivity contribution >= 4 is 29.8 Å². The van der Waals surface area contributed by atoms with Crippen molar-refractivity contribution in [3.63, 3.8) is 0 Å². The van der Waals surface area contributed by atoms with Gasteiger partial charge in [0.05, 0.1) is 0 Å². The van der Waals surface area contributed by atoms with Gasteiger partial charge in [0, 0.05) is 12.5 Å². The molecule has 1 aliphatic carbocycles. The lowest BCUT2D eigenvalue weighted by Crippen LogP contribution is -2.52. The summed E-state index contributed by atoms with van der Waals surface area (Å²) in [6.07, 6.45) is -0.322. The van der Waals surface area contributed by atoms with Crippen molar-refractivity contribution in [1.82, 2.24) is 21.3 Å². The van der Waals surface area contributed by atoms with Gasteiger partial charge in [-0.25, -0.2) is 9.59 Å². The van der Waals surface area contributed by atoms with Crippen LogP contribution in [0.25, 0.3) is 11.1 Å². The van der Waals surface area contributed by atoms with Crippen LogP contribution in [-0.2, 0) is 19.1 Å². The molecule has 2 atom stereocenters. The largest absolute Gasteiger partial charge is 0.480 e. The standard InChI is InChI=1S/C26H32N6O6/c1-15(23(34)32-21(24(35)36)11-6-12-29-25(27)28)31-22(33)13-30-26(37)38-14-20-18-9-4-2-7-16(18)17-8-3-5-10-19(17)20/h2-5,7-10,15,20-21H,6,11-14H2,1H3,(H,30,37)(H,31,33)(H,32,34)(H,35,36)(H4,27,28,29)/t15-,21-/m0/s1. The van der Waals surface area contributed by atoms with Crippen LogP contribution in [0.1, 0.15) is 36.8 Å². The van der Waals surface area contributed by atoms with E-state index in [1.54, 1.807) is 0 Å². The van der Waals surface area contributed by atoms with Crippen LogP contribution in [0, 0.1) is 5.41 Å².